The largest absolute Gasteiger partial charge is 0.494 e. The number of aromatic nitrogens is 1. The Bertz CT molecular complexity index is 632. The molecule has 1 N–H and O–H groups in total. The van der Waals surface area contributed by atoms with Crippen LogP contribution >= 0.6 is 0 Å². The van der Waals surface area contributed by atoms with Crippen molar-refractivity contribution in [3.05, 3.63) is 53.2 Å². The fraction of sp³-hybridized carbons (Fsp3) is 0.294. The summed E-state index contributed by atoms with van der Waals surface area (Å²) in [6.07, 6.45) is 0.842. The summed E-state index contributed by atoms with van der Waals surface area (Å²) in [7, 11) is 0. The van der Waals surface area contributed by atoms with Crippen molar-refractivity contribution in [2.45, 2.75) is 20.3 Å². The third kappa shape index (κ3) is 4.22. The van der Waals surface area contributed by atoms with Crippen LogP contribution in [-0.2, 0) is 0 Å². The number of ether oxygens (including phenoxy) is 1. The Hall–Kier alpha value is -2.54. The van der Waals surface area contributed by atoms with Gasteiger partial charge in [-0.2, -0.15) is 5.26 Å². The molecule has 2 rings (SSSR count). The molecule has 4 nitrogen and oxygen atoms in total. The predicted octanol–water partition coefficient (Wildman–Crippen LogP) is 3.45. The predicted molar refractivity (Wildman–Crippen MR) is 83.5 cm³/mol. The average Bonchev–Trinajstić information content (AvgIpc) is 2.47. The molecular formula is C17H19N3O. The molecule has 21 heavy (non-hydrogen) atoms. The zero-order valence-electron chi connectivity index (χ0n) is 12.4. The quantitative estimate of drug-likeness (QED) is 0.824. The van der Waals surface area contributed by atoms with Gasteiger partial charge in [-0.05, 0) is 44.0 Å². The summed E-state index contributed by atoms with van der Waals surface area (Å²) < 4.78 is 5.62. The van der Waals surface area contributed by atoms with Crippen LogP contribution in [0.2, 0.25) is 0 Å². The monoisotopic (exact) mass is 281 g/mol. The van der Waals surface area contributed by atoms with Gasteiger partial charge in [0.05, 0.1) is 12.2 Å². The Labute approximate surface area is 125 Å². The lowest BCUT2D eigenvalue weighted by Crippen LogP contribution is -2.10. The Morgan fingerprint density at radius 2 is 2.00 bits per heavy atom. The lowest BCUT2D eigenvalue weighted by molar-refractivity contribution is 0.315. The third-order valence-corrected chi connectivity index (χ3v) is 3.08. The van der Waals surface area contributed by atoms with Crippen molar-refractivity contribution in [1.29, 1.82) is 5.26 Å². The molecule has 0 saturated heterocycles. The Balaban J connectivity index is 1.83. The molecule has 0 radical (unpaired) electrons. The van der Waals surface area contributed by atoms with E-state index in [4.69, 9.17) is 4.74 Å². The summed E-state index contributed by atoms with van der Waals surface area (Å²) in [5.74, 6) is 1.54. The maximum atomic E-state index is 9.19. The number of anilines is 1. The Morgan fingerprint density at radius 3 is 2.71 bits per heavy atom. The first-order valence-corrected chi connectivity index (χ1v) is 7.01. The van der Waals surface area contributed by atoms with Gasteiger partial charge in [-0.15, -0.1) is 0 Å². The van der Waals surface area contributed by atoms with Crippen molar-refractivity contribution < 1.29 is 4.74 Å². The number of hydrogen-bond acceptors (Lipinski definition) is 4. The van der Waals surface area contributed by atoms with Gasteiger partial charge in [-0.1, -0.05) is 18.2 Å². The van der Waals surface area contributed by atoms with Crippen LogP contribution in [0.3, 0.4) is 0 Å². The smallest absolute Gasteiger partial charge is 0.144 e. The van der Waals surface area contributed by atoms with Gasteiger partial charge in [0, 0.05) is 12.2 Å². The van der Waals surface area contributed by atoms with Crippen molar-refractivity contribution in [1.82, 2.24) is 4.98 Å². The first-order valence-electron chi connectivity index (χ1n) is 7.01. The molecule has 0 fully saturated rings. The second-order valence-electron chi connectivity index (χ2n) is 4.86. The summed E-state index contributed by atoms with van der Waals surface area (Å²) in [5.41, 5.74) is 2.48. The number of hydrogen-bond donors (Lipinski definition) is 1. The molecule has 0 spiro atoms. The van der Waals surface area contributed by atoms with E-state index in [9.17, 15) is 5.26 Å². The van der Waals surface area contributed by atoms with Crippen molar-refractivity contribution >= 4 is 5.82 Å². The van der Waals surface area contributed by atoms with E-state index in [0.29, 0.717) is 18.0 Å². The Kier molecular flexibility index (Phi) is 5.16. The van der Waals surface area contributed by atoms with Gasteiger partial charge in [0.15, 0.2) is 0 Å². The fourth-order valence-corrected chi connectivity index (χ4v) is 2.09. The van der Waals surface area contributed by atoms with E-state index < -0.39 is 0 Å². The lowest BCUT2D eigenvalue weighted by atomic mass is 10.1. The number of nitrogens with one attached hydrogen (secondary N) is 1. The van der Waals surface area contributed by atoms with Gasteiger partial charge in [0.2, 0.25) is 0 Å². The van der Waals surface area contributed by atoms with Crippen molar-refractivity contribution in [3.8, 4) is 11.8 Å². The van der Waals surface area contributed by atoms with Crippen molar-refractivity contribution in [2.24, 2.45) is 0 Å². The van der Waals surface area contributed by atoms with Gasteiger partial charge < -0.3 is 10.1 Å². The number of pyridine rings is 1. The standard InChI is InChI=1S/C17H19N3O/c1-13-11-14(2)20-17(16(13)12-18)19-9-6-10-21-15-7-4-3-5-8-15/h3-5,7-8,11H,6,9-10H2,1-2H3,(H,19,20). The van der Waals surface area contributed by atoms with E-state index >= 15 is 0 Å². The molecular weight excluding hydrogens is 262 g/mol. The summed E-state index contributed by atoms with van der Waals surface area (Å²) in [6, 6.07) is 13.9. The number of rotatable bonds is 6. The van der Waals surface area contributed by atoms with E-state index in [1.807, 2.05) is 50.2 Å². The minimum absolute atomic E-state index is 0.615. The highest BCUT2D eigenvalue weighted by molar-refractivity contribution is 5.56. The fourth-order valence-electron chi connectivity index (χ4n) is 2.09. The van der Waals surface area contributed by atoms with Gasteiger partial charge in [-0.3, -0.25) is 0 Å². The number of para-hydroxylation sites is 1. The second-order valence-corrected chi connectivity index (χ2v) is 4.86. The lowest BCUT2D eigenvalue weighted by Gasteiger charge is -2.10. The van der Waals surface area contributed by atoms with Crippen LogP contribution in [0.4, 0.5) is 5.82 Å². The highest BCUT2D eigenvalue weighted by Gasteiger charge is 2.07. The highest BCUT2D eigenvalue weighted by Crippen LogP contribution is 2.17. The molecule has 108 valence electrons. The molecule has 0 aliphatic carbocycles. The van der Waals surface area contributed by atoms with Gasteiger partial charge >= 0.3 is 0 Å². The molecule has 0 atom stereocenters. The summed E-state index contributed by atoms with van der Waals surface area (Å²) in [4.78, 5) is 4.39. The zero-order chi connectivity index (χ0) is 15.1. The zero-order valence-corrected chi connectivity index (χ0v) is 12.4. The number of benzene rings is 1. The van der Waals surface area contributed by atoms with Gasteiger partial charge in [-0.25, -0.2) is 4.98 Å². The molecule has 0 bridgehead atoms. The van der Waals surface area contributed by atoms with Crippen LogP contribution in [0, 0.1) is 25.2 Å². The molecule has 2 aromatic rings. The molecule has 4 heteroatoms. The number of aryl methyl sites for hydroxylation is 2. The van der Waals surface area contributed by atoms with Crippen LogP contribution in [0.25, 0.3) is 0 Å². The summed E-state index contributed by atoms with van der Waals surface area (Å²) in [5, 5.41) is 12.4. The highest BCUT2D eigenvalue weighted by atomic mass is 16.5. The van der Waals surface area contributed by atoms with Crippen LogP contribution in [-0.4, -0.2) is 18.1 Å². The molecule has 1 aromatic heterocycles. The molecule has 0 saturated carbocycles. The third-order valence-electron chi connectivity index (χ3n) is 3.08. The van der Waals surface area contributed by atoms with Crippen molar-refractivity contribution in [3.63, 3.8) is 0 Å². The van der Waals surface area contributed by atoms with Gasteiger partial charge in [0.25, 0.3) is 0 Å². The van der Waals surface area contributed by atoms with Crippen LogP contribution in [0.15, 0.2) is 36.4 Å². The SMILES string of the molecule is Cc1cc(C)c(C#N)c(NCCCOc2ccccc2)n1. The second kappa shape index (κ2) is 7.30. The van der Waals surface area contributed by atoms with Crippen LogP contribution in [0.5, 0.6) is 5.75 Å². The van der Waals surface area contributed by atoms with E-state index in [2.05, 4.69) is 16.4 Å². The normalized spacial score (nSPS) is 9.95. The van der Waals surface area contributed by atoms with E-state index in [-0.39, 0.29) is 0 Å². The molecule has 0 aliphatic rings. The maximum absolute atomic E-state index is 9.19. The molecule has 0 amide bonds. The first-order chi connectivity index (χ1) is 10.2. The molecule has 0 aliphatic heterocycles. The van der Waals surface area contributed by atoms with Crippen molar-refractivity contribution in [2.75, 3.05) is 18.5 Å². The minimum atomic E-state index is 0.615. The molecule has 1 aromatic carbocycles. The summed E-state index contributed by atoms with van der Waals surface area (Å²) in [6.45, 7) is 5.20. The summed E-state index contributed by atoms with van der Waals surface area (Å²) >= 11 is 0. The van der Waals surface area contributed by atoms with E-state index in [1.165, 1.54) is 0 Å². The topological polar surface area (TPSA) is 57.9 Å². The number of nitriles is 1. The first kappa shape index (κ1) is 14.9. The van der Waals surface area contributed by atoms with E-state index in [0.717, 1.165) is 30.0 Å². The molecule has 1 heterocycles. The van der Waals surface area contributed by atoms with Crippen LogP contribution in [0.1, 0.15) is 23.2 Å². The number of nitrogens with zero attached hydrogens (tertiary/aromatic N) is 2. The van der Waals surface area contributed by atoms with Crippen LogP contribution < -0.4 is 10.1 Å². The maximum Gasteiger partial charge on any atom is 0.144 e. The molecule has 0 unspecified atom stereocenters. The minimum Gasteiger partial charge on any atom is -0.494 e. The average molecular weight is 281 g/mol. The Morgan fingerprint density at radius 1 is 1.24 bits per heavy atom. The van der Waals surface area contributed by atoms with E-state index in [1.54, 1.807) is 0 Å². The van der Waals surface area contributed by atoms with Gasteiger partial charge in [0.1, 0.15) is 17.6 Å².